The SMILES string of the molecule is O=C(O)Cc1ccc(NC(=O)CC(=O)NCC(F)(F)F)cc1F. The van der Waals surface area contributed by atoms with Crippen LogP contribution in [0.2, 0.25) is 0 Å². The van der Waals surface area contributed by atoms with Crippen molar-refractivity contribution in [1.29, 1.82) is 0 Å². The number of carboxylic acids is 1. The molecule has 0 fully saturated rings. The van der Waals surface area contributed by atoms with Gasteiger partial charge in [0.1, 0.15) is 18.8 Å². The van der Waals surface area contributed by atoms with E-state index in [1.165, 1.54) is 11.4 Å². The van der Waals surface area contributed by atoms with Crippen molar-refractivity contribution in [2.75, 3.05) is 11.9 Å². The molecule has 1 aromatic carbocycles. The Morgan fingerprint density at radius 1 is 1.13 bits per heavy atom. The first kappa shape index (κ1) is 18.4. The van der Waals surface area contributed by atoms with E-state index in [9.17, 15) is 31.9 Å². The Morgan fingerprint density at radius 3 is 2.30 bits per heavy atom. The van der Waals surface area contributed by atoms with E-state index in [0.29, 0.717) is 0 Å². The van der Waals surface area contributed by atoms with E-state index < -0.39 is 49.2 Å². The first-order valence-electron chi connectivity index (χ1n) is 6.20. The third-order valence-corrected chi connectivity index (χ3v) is 2.49. The minimum Gasteiger partial charge on any atom is -0.481 e. The maximum Gasteiger partial charge on any atom is 0.405 e. The van der Waals surface area contributed by atoms with E-state index in [4.69, 9.17) is 5.11 Å². The van der Waals surface area contributed by atoms with Crippen LogP contribution in [0.5, 0.6) is 0 Å². The molecule has 0 heterocycles. The van der Waals surface area contributed by atoms with Gasteiger partial charge in [-0.05, 0) is 17.7 Å². The third-order valence-electron chi connectivity index (χ3n) is 2.49. The number of halogens is 4. The lowest BCUT2D eigenvalue weighted by Gasteiger charge is -2.09. The summed E-state index contributed by atoms with van der Waals surface area (Å²) >= 11 is 0. The van der Waals surface area contributed by atoms with Gasteiger partial charge < -0.3 is 15.7 Å². The van der Waals surface area contributed by atoms with Gasteiger partial charge in [-0.3, -0.25) is 14.4 Å². The molecule has 23 heavy (non-hydrogen) atoms. The van der Waals surface area contributed by atoms with E-state index >= 15 is 0 Å². The van der Waals surface area contributed by atoms with Gasteiger partial charge >= 0.3 is 12.1 Å². The molecule has 126 valence electrons. The fraction of sp³-hybridized carbons (Fsp3) is 0.308. The first-order chi connectivity index (χ1) is 10.6. The second-order valence-electron chi connectivity index (χ2n) is 4.49. The highest BCUT2D eigenvalue weighted by Crippen LogP contribution is 2.16. The van der Waals surface area contributed by atoms with E-state index in [1.54, 1.807) is 0 Å². The van der Waals surface area contributed by atoms with Gasteiger partial charge in [-0.25, -0.2) is 4.39 Å². The van der Waals surface area contributed by atoms with E-state index in [2.05, 4.69) is 5.32 Å². The summed E-state index contributed by atoms with van der Waals surface area (Å²) in [5, 5.41) is 12.2. The van der Waals surface area contributed by atoms with E-state index in [1.807, 2.05) is 0 Å². The number of hydrogen-bond donors (Lipinski definition) is 3. The van der Waals surface area contributed by atoms with Gasteiger partial charge in [0.2, 0.25) is 11.8 Å². The van der Waals surface area contributed by atoms with E-state index in [-0.39, 0.29) is 11.3 Å². The molecule has 6 nitrogen and oxygen atoms in total. The highest BCUT2D eigenvalue weighted by molar-refractivity contribution is 6.03. The number of carbonyl (C=O) groups excluding carboxylic acids is 2. The molecule has 0 aromatic heterocycles. The van der Waals surface area contributed by atoms with E-state index in [0.717, 1.165) is 12.1 Å². The number of aliphatic carboxylic acids is 1. The Labute approximate surface area is 127 Å². The Hall–Kier alpha value is -2.65. The molecule has 10 heteroatoms. The normalized spacial score (nSPS) is 11.0. The van der Waals surface area contributed by atoms with Crippen LogP contribution in [0.25, 0.3) is 0 Å². The molecular formula is C13H12F4N2O4. The number of carboxylic acid groups (broad SMARTS) is 1. The van der Waals surface area contributed by atoms with Crippen LogP contribution in [-0.2, 0) is 20.8 Å². The zero-order valence-electron chi connectivity index (χ0n) is 11.5. The monoisotopic (exact) mass is 336 g/mol. The smallest absolute Gasteiger partial charge is 0.405 e. The molecular weight excluding hydrogens is 324 g/mol. The summed E-state index contributed by atoms with van der Waals surface area (Å²) in [6.45, 7) is -1.56. The summed E-state index contributed by atoms with van der Waals surface area (Å²) in [7, 11) is 0. The minimum atomic E-state index is -4.59. The highest BCUT2D eigenvalue weighted by atomic mass is 19.4. The molecule has 3 N–H and O–H groups in total. The lowest BCUT2D eigenvalue weighted by Crippen LogP contribution is -2.35. The van der Waals surface area contributed by atoms with Crippen molar-refractivity contribution in [1.82, 2.24) is 5.32 Å². The topological polar surface area (TPSA) is 95.5 Å². The third kappa shape index (κ3) is 7.25. The Balaban J connectivity index is 2.56. The molecule has 0 aliphatic heterocycles. The van der Waals surface area contributed by atoms with Crippen LogP contribution in [0, 0.1) is 5.82 Å². The molecule has 0 saturated heterocycles. The van der Waals surface area contributed by atoms with Crippen molar-refractivity contribution in [3.8, 4) is 0 Å². The average molecular weight is 336 g/mol. The fourth-order valence-electron chi connectivity index (χ4n) is 1.54. The van der Waals surface area contributed by atoms with Crippen molar-refractivity contribution in [3.63, 3.8) is 0 Å². The largest absolute Gasteiger partial charge is 0.481 e. The second kappa shape index (κ2) is 7.56. The molecule has 0 unspecified atom stereocenters. The van der Waals surface area contributed by atoms with Crippen LogP contribution in [-0.4, -0.2) is 35.6 Å². The molecule has 0 aliphatic carbocycles. The van der Waals surface area contributed by atoms with Crippen LogP contribution < -0.4 is 10.6 Å². The Kier molecular flexibility index (Phi) is 6.05. The maximum atomic E-state index is 13.6. The van der Waals surface area contributed by atoms with Crippen LogP contribution >= 0.6 is 0 Å². The zero-order valence-corrected chi connectivity index (χ0v) is 11.5. The molecule has 2 amide bonds. The van der Waals surface area contributed by atoms with Gasteiger partial charge in [-0.15, -0.1) is 0 Å². The summed E-state index contributed by atoms with van der Waals surface area (Å²) in [4.78, 5) is 33.0. The van der Waals surface area contributed by atoms with Crippen molar-refractivity contribution in [2.24, 2.45) is 0 Å². The predicted molar refractivity (Wildman–Crippen MR) is 70.1 cm³/mol. The van der Waals surface area contributed by atoms with Gasteiger partial charge in [0.25, 0.3) is 0 Å². The minimum absolute atomic E-state index is 0.0507. The highest BCUT2D eigenvalue weighted by Gasteiger charge is 2.28. The summed E-state index contributed by atoms with van der Waals surface area (Å²) in [6.07, 6.45) is -6.00. The lowest BCUT2D eigenvalue weighted by atomic mass is 10.1. The molecule has 0 saturated carbocycles. The molecule has 1 aromatic rings. The number of alkyl halides is 3. The van der Waals surface area contributed by atoms with Crippen molar-refractivity contribution < 1.29 is 37.1 Å². The molecule has 0 bridgehead atoms. The second-order valence-corrected chi connectivity index (χ2v) is 4.49. The Morgan fingerprint density at radius 2 is 1.78 bits per heavy atom. The van der Waals surface area contributed by atoms with Crippen molar-refractivity contribution >= 4 is 23.5 Å². The maximum absolute atomic E-state index is 13.6. The van der Waals surface area contributed by atoms with Gasteiger partial charge in [-0.2, -0.15) is 13.2 Å². The van der Waals surface area contributed by atoms with Gasteiger partial charge in [0, 0.05) is 5.69 Å². The fourth-order valence-corrected chi connectivity index (χ4v) is 1.54. The summed E-state index contributed by atoms with van der Waals surface area (Å²) in [5.41, 5.74) is -0.149. The summed E-state index contributed by atoms with van der Waals surface area (Å²) < 4.78 is 49.2. The number of anilines is 1. The first-order valence-corrected chi connectivity index (χ1v) is 6.20. The molecule has 1 rings (SSSR count). The number of benzene rings is 1. The van der Waals surface area contributed by atoms with Crippen molar-refractivity contribution in [3.05, 3.63) is 29.6 Å². The van der Waals surface area contributed by atoms with Crippen LogP contribution in [0.4, 0.5) is 23.2 Å². The molecule has 0 aliphatic rings. The number of hydrogen-bond acceptors (Lipinski definition) is 3. The van der Waals surface area contributed by atoms with Gasteiger partial charge in [0.15, 0.2) is 0 Å². The average Bonchev–Trinajstić information content (AvgIpc) is 2.38. The number of nitrogens with one attached hydrogen (secondary N) is 2. The number of rotatable bonds is 6. The van der Waals surface area contributed by atoms with Gasteiger partial charge in [0.05, 0.1) is 6.42 Å². The number of amides is 2. The number of carbonyl (C=O) groups is 3. The zero-order chi connectivity index (χ0) is 17.6. The molecule has 0 atom stereocenters. The quantitative estimate of drug-likeness (QED) is 0.541. The van der Waals surface area contributed by atoms with Gasteiger partial charge in [-0.1, -0.05) is 6.07 Å². The summed E-state index contributed by atoms with van der Waals surface area (Å²) in [6, 6.07) is 3.21. The van der Waals surface area contributed by atoms with Crippen molar-refractivity contribution in [2.45, 2.75) is 19.0 Å². The molecule has 0 spiro atoms. The standard InChI is InChI=1S/C13H12F4N2O4/c14-9-4-8(2-1-7(9)3-12(22)23)19-11(21)5-10(20)18-6-13(15,16)17/h1-2,4H,3,5-6H2,(H,18,20)(H,19,21)(H,22,23). The molecule has 0 radical (unpaired) electrons. The van der Waals surface area contributed by atoms with Crippen LogP contribution in [0.15, 0.2) is 18.2 Å². The van der Waals surface area contributed by atoms with Crippen LogP contribution in [0.1, 0.15) is 12.0 Å². The Bertz CT molecular complexity index is 616. The van der Waals surface area contributed by atoms with Crippen LogP contribution in [0.3, 0.4) is 0 Å². The lowest BCUT2D eigenvalue weighted by molar-refractivity contribution is -0.140. The summed E-state index contributed by atoms with van der Waals surface area (Å²) in [5.74, 6) is -4.17. The predicted octanol–water partition coefficient (Wildman–Crippen LogP) is 1.46.